The number of aliphatic hydroxyl groups is 2. The number of phenols is 1. The number of phenolic OH excluding ortho intramolecular Hbond substituents is 1. The van der Waals surface area contributed by atoms with Crippen molar-refractivity contribution in [3.05, 3.63) is 28.0 Å². The van der Waals surface area contributed by atoms with Crippen molar-refractivity contribution in [2.75, 3.05) is 19.7 Å². The van der Waals surface area contributed by atoms with E-state index in [-0.39, 0.29) is 35.3 Å². The molecule has 0 bridgehead atoms. The molecule has 170 valence electrons. The summed E-state index contributed by atoms with van der Waals surface area (Å²) in [7, 11) is 0. The molecule has 4 N–H and O–H groups in total. The molecule has 1 aliphatic rings. The molecule has 0 saturated carbocycles. The third kappa shape index (κ3) is 5.57. The third-order valence-electron chi connectivity index (χ3n) is 5.29. The van der Waals surface area contributed by atoms with E-state index in [4.69, 9.17) is 16.7 Å². The molecule has 0 spiro atoms. The van der Waals surface area contributed by atoms with Crippen LogP contribution in [0.3, 0.4) is 0 Å². The summed E-state index contributed by atoms with van der Waals surface area (Å²) in [6, 6.07) is 0.592. The molecule has 0 radical (unpaired) electrons. The quantitative estimate of drug-likeness (QED) is 0.479. The van der Waals surface area contributed by atoms with Crippen LogP contribution in [0.5, 0.6) is 5.75 Å². The molecule has 1 aromatic rings. The number of carbonyl (C=O) groups excluding carboxylic acids is 1. The lowest BCUT2D eigenvalue weighted by Gasteiger charge is -2.38. The Bertz CT molecular complexity index is 769. The number of amides is 1. The fourth-order valence-corrected chi connectivity index (χ4v) is 4.52. The average Bonchev–Trinajstić information content (AvgIpc) is 2.69. The fraction of sp³-hybridized carbons (Fsp3) is 0.650. The molecule has 1 saturated heterocycles. The van der Waals surface area contributed by atoms with Crippen LogP contribution in [0.25, 0.3) is 0 Å². The molecule has 30 heavy (non-hydrogen) atoms. The number of aryl methyl sites for hydroxylation is 1. The summed E-state index contributed by atoms with van der Waals surface area (Å²) in [4.78, 5) is 13.5. The lowest BCUT2D eigenvalue weighted by atomic mass is 9.85. The van der Waals surface area contributed by atoms with Gasteiger partial charge in [0.05, 0.1) is 23.2 Å². The topological polar surface area (TPSA) is 116 Å². The van der Waals surface area contributed by atoms with Crippen molar-refractivity contribution < 1.29 is 29.1 Å². The Morgan fingerprint density at radius 2 is 2.00 bits per heavy atom. The summed E-state index contributed by atoms with van der Waals surface area (Å²) < 4.78 is 30.2. The molecule has 1 heterocycles. The molecule has 10 heteroatoms. The van der Waals surface area contributed by atoms with Crippen LogP contribution >= 0.6 is 11.6 Å². The second kappa shape index (κ2) is 10.0. The van der Waals surface area contributed by atoms with E-state index in [0.717, 1.165) is 0 Å². The molecular weight excluding hydrogens is 435 g/mol. The maximum Gasteiger partial charge on any atom is 0.253 e. The first-order valence-corrected chi connectivity index (χ1v) is 11.3. The number of carbonyl (C=O) groups is 1. The number of aromatic hydroxyl groups is 1. The van der Waals surface area contributed by atoms with E-state index < -0.39 is 46.6 Å². The molecule has 3 atom stereocenters. The summed E-state index contributed by atoms with van der Waals surface area (Å²) in [5.41, 5.74) is 0.355. The molecule has 1 aliphatic heterocycles. The van der Waals surface area contributed by atoms with Crippen LogP contribution in [0.15, 0.2) is 6.07 Å². The minimum absolute atomic E-state index is 0.0385. The van der Waals surface area contributed by atoms with Crippen molar-refractivity contribution >= 4 is 28.9 Å². The lowest BCUT2D eigenvalue weighted by molar-refractivity contribution is -0.143. The number of piperidine rings is 1. The highest BCUT2D eigenvalue weighted by Gasteiger charge is 2.39. The van der Waals surface area contributed by atoms with Crippen LogP contribution in [0.4, 0.5) is 4.39 Å². The standard InChI is InChI=1S/C20H30ClFN2O5S/c1-11-9-13(26)15(17(22)16(11)21)18(23-30(29)20(2,3)4)12-5-7-24(8-6-12)19(28)14(27)10-25/h9,12,14,18,23,25-27H,5-8,10H2,1-4H3/t14-,18-,30?/m1/s1. The van der Waals surface area contributed by atoms with Crippen molar-refractivity contribution in [1.82, 2.24) is 9.62 Å². The van der Waals surface area contributed by atoms with Gasteiger partial charge in [-0.25, -0.2) is 4.39 Å². The summed E-state index contributed by atoms with van der Waals surface area (Å²) in [6.45, 7) is 6.83. The van der Waals surface area contributed by atoms with E-state index in [9.17, 15) is 19.6 Å². The Labute approximate surface area is 184 Å². The predicted molar refractivity (Wildman–Crippen MR) is 114 cm³/mol. The number of likely N-dealkylation sites (tertiary alicyclic amines) is 1. The van der Waals surface area contributed by atoms with Crippen molar-refractivity contribution in [3.8, 4) is 5.75 Å². The number of halogens is 2. The van der Waals surface area contributed by atoms with Gasteiger partial charge in [0.1, 0.15) is 10.5 Å². The number of nitrogens with zero attached hydrogens (tertiary/aromatic N) is 1. The largest absolute Gasteiger partial charge is 0.598 e. The summed E-state index contributed by atoms with van der Waals surface area (Å²) in [5.74, 6) is -1.84. The van der Waals surface area contributed by atoms with Gasteiger partial charge in [-0.3, -0.25) is 4.79 Å². The van der Waals surface area contributed by atoms with Gasteiger partial charge in [0, 0.05) is 24.5 Å². The lowest BCUT2D eigenvalue weighted by Crippen LogP contribution is -2.48. The van der Waals surface area contributed by atoms with Gasteiger partial charge in [-0.1, -0.05) is 11.6 Å². The SMILES string of the molecule is Cc1cc(O)c([C@H](N[S+]([O-])C(C)(C)C)C2CCN(C(=O)[C@H](O)CO)CC2)c(F)c1Cl. The summed E-state index contributed by atoms with van der Waals surface area (Å²) in [5, 5.41) is 29.0. The molecule has 0 aromatic heterocycles. The van der Waals surface area contributed by atoms with Crippen molar-refractivity contribution in [2.24, 2.45) is 5.92 Å². The molecular formula is C20H30ClFN2O5S. The monoisotopic (exact) mass is 464 g/mol. The molecule has 1 fully saturated rings. The first kappa shape index (κ1) is 25.2. The fourth-order valence-electron chi connectivity index (χ4n) is 3.47. The third-order valence-corrected chi connectivity index (χ3v) is 7.33. The van der Waals surface area contributed by atoms with Crippen LogP contribution in [0, 0.1) is 18.7 Å². The molecule has 1 amide bonds. The minimum atomic E-state index is -1.55. The van der Waals surface area contributed by atoms with Gasteiger partial charge >= 0.3 is 0 Å². The van der Waals surface area contributed by atoms with E-state index >= 15 is 4.39 Å². The Balaban J connectivity index is 2.33. The van der Waals surface area contributed by atoms with Crippen molar-refractivity contribution in [2.45, 2.75) is 57.4 Å². The van der Waals surface area contributed by atoms with Crippen LogP contribution in [-0.4, -0.2) is 61.2 Å². The number of aliphatic hydroxyl groups excluding tert-OH is 2. The maximum absolute atomic E-state index is 15.1. The number of hydrogen-bond acceptors (Lipinski definition) is 6. The Morgan fingerprint density at radius 3 is 2.50 bits per heavy atom. The Hall–Kier alpha value is -1.10. The van der Waals surface area contributed by atoms with Gasteiger partial charge in [0.25, 0.3) is 5.91 Å². The van der Waals surface area contributed by atoms with Crippen LogP contribution < -0.4 is 4.72 Å². The van der Waals surface area contributed by atoms with Gasteiger partial charge in [-0.05, 0) is 58.1 Å². The van der Waals surface area contributed by atoms with Gasteiger partial charge in [0.2, 0.25) is 0 Å². The van der Waals surface area contributed by atoms with Crippen molar-refractivity contribution in [3.63, 3.8) is 0 Å². The first-order valence-electron chi connectivity index (χ1n) is 9.81. The van der Waals surface area contributed by atoms with Gasteiger partial charge in [-0.15, -0.1) is 4.72 Å². The van der Waals surface area contributed by atoms with Crippen LogP contribution in [0.2, 0.25) is 5.02 Å². The van der Waals surface area contributed by atoms with E-state index in [2.05, 4.69) is 4.72 Å². The zero-order valence-corrected chi connectivity index (χ0v) is 19.2. The minimum Gasteiger partial charge on any atom is -0.598 e. The van der Waals surface area contributed by atoms with E-state index in [0.29, 0.717) is 18.4 Å². The van der Waals surface area contributed by atoms with Crippen molar-refractivity contribution in [1.29, 1.82) is 0 Å². The Kier molecular flexibility index (Phi) is 8.40. The van der Waals surface area contributed by atoms with E-state index in [1.807, 2.05) is 0 Å². The first-order chi connectivity index (χ1) is 13.9. The van der Waals surface area contributed by atoms with Crippen LogP contribution in [0.1, 0.15) is 50.8 Å². The number of rotatable bonds is 6. The second-order valence-corrected chi connectivity index (χ2v) is 11.0. The molecule has 7 nitrogen and oxygen atoms in total. The Morgan fingerprint density at radius 1 is 1.43 bits per heavy atom. The number of benzene rings is 1. The van der Waals surface area contributed by atoms with Gasteiger partial charge in [-0.2, -0.15) is 0 Å². The highest BCUT2D eigenvalue weighted by atomic mass is 35.5. The van der Waals surface area contributed by atoms with Crippen LogP contribution in [-0.2, 0) is 16.2 Å². The smallest absolute Gasteiger partial charge is 0.253 e. The maximum atomic E-state index is 15.1. The molecule has 1 unspecified atom stereocenters. The highest BCUT2D eigenvalue weighted by Crippen LogP contribution is 2.41. The highest BCUT2D eigenvalue weighted by molar-refractivity contribution is 7.90. The normalized spacial score (nSPS) is 18.9. The predicted octanol–water partition coefficient (Wildman–Crippen LogP) is 2.18. The molecule has 0 aliphatic carbocycles. The van der Waals surface area contributed by atoms with Gasteiger partial charge < -0.3 is 24.8 Å². The van der Waals surface area contributed by atoms with E-state index in [1.165, 1.54) is 11.0 Å². The average molecular weight is 465 g/mol. The summed E-state index contributed by atoms with van der Waals surface area (Å²) >= 11 is 4.54. The zero-order valence-electron chi connectivity index (χ0n) is 17.6. The second-order valence-electron chi connectivity index (χ2n) is 8.59. The zero-order chi connectivity index (χ0) is 22.8. The van der Waals surface area contributed by atoms with Gasteiger partial charge in [0.15, 0.2) is 11.9 Å². The molecule has 1 aromatic carbocycles. The van der Waals surface area contributed by atoms with E-state index in [1.54, 1.807) is 27.7 Å². The number of nitrogens with one attached hydrogen (secondary N) is 1. The molecule has 2 rings (SSSR count). The summed E-state index contributed by atoms with van der Waals surface area (Å²) in [6.07, 6.45) is -0.623. The number of hydrogen-bond donors (Lipinski definition) is 4.